The summed E-state index contributed by atoms with van der Waals surface area (Å²) in [5.74, 6) is 0.799. The minimum atomic E-state index is -3.49. The van der Waals surface area contributed by atoms with Gasteiger partial charge in [0.1, 0.15) is 5.69 Å². The Morgan fingerprint density at radius 2 is 1.34 bits per heavy atom. The van der Waals surface area contributed by atoms with E-state index < -0.39 is 10.0 Å². The Balaban J connectivity index is 1.43. The molecule has 0 bridgehead atoms. The fourth-order valence-electron chi connectivity index (χ4n) is 4.13. The smallest absolute Gasteiger partial charge is 0.243 e. The molecule has 0 radical (unpaired) electrons. The van der Waals surface area contributed by atoms with Crippen molar-refractivity contribution in [3.05, 3.63) is 84.4 Å². The molecule has 1 aliphatic heterocycles. The van der Waals surface area contributed by atoms with Crippen molar-refractivity contribution < 1.29 is 8.42 Å². The van der Waals surface area contributed by atoms with Crippen LogP contribution in [0.25, 0.3) is 22.0 Å². The van der Waals surface area contributed by atoms with E-state index >= 15 is 0 Å². The third-order valence-corrected chi connectivity index (χ3v) is 7.82. The Hall–Kier alpha value is -3.29. The van der Waals surface area contributed by atoms with Crippen LogP contribution in [0.2, 0.25) is 0 Å². The molecule has 0 unspecified atom stereocenters. The molecule has 3 aromatic carbocycles. The highest BCUT2D eigenvalue weighted by atomic mass is 32.2. The number of rotatable bonds is 4. The summed E-state index contributed by atoms with van der Waals surface area (Å²) < 4.78 is 27.4. The topological polar surface area (TPSA) is 66.4 Å². The van der Waals surface area contributed by atoms with Gasteiger partial charge in [0.15, 0.2) is 5.82 Å². The van der Waals surface area contributed by atoms with Gasteiger partial charge in [0.25, 0.3) is 0 Å². The average Bonchev–Trinajstić information content (AvgIpc) is 2.85. The predicted molar refractivity (Wildman–Crippen MR) is 127 cm³/mol. The number of aryl methyl sites for hydroxylation is 1. The van der Waals surface area contributed by atoms with Crippen molar-refractivity contribution >= 4 is 26.6 Å². The van der Waals surface area contributed by atoms with Gasteiger partial charge in [-0.15, -0.1) is 10.2 Å². The van der Waals surface area contributed by atoms with Gasteiger partial charge in [0.2, 0.25) is 10.0 Å². The second kappa shape index (κ2) is 8.33. The van der Waals surface area contributed by atoms with Crippen molar-refractivity contribution in [2.45, 2.75) is 11.8 Å². The van der Waals surface area contributed by atoms with Crippen LogP contribution in [0.3, 0.4) is 0 Å². The van der Waals surface area contributed by atoms with Crippen LogP contribution in [-0.2, 0) is 10.0 Å². The monoisotopic (exact) mass is 444 g/mol. The van der Waals surface area contributed by atoms with Crippen molar-refractivity contribution in [1.29, 1.82) is 0 Å². The summed E-state index contributed by atoms with van der Waals surface area (Å²) in [5.41, 5.74) is 3.09. The first-order valence-corrected chi connectivity index (χ1v) is 12.1. The number of fused-ring (bicyclic) bond motifs is 1. The molecule has 0 amide bonds. The van der Waals surface area contributed by atoms with Crippen LogP contribution in [0, 0.1) is 6.92 Å². The molecular weight excluding hydrogens is 420 g/mol. The van der Waals surface area contributed by atoms with Gasteiger partial charge in [-0.3, -0.25) is 0 Å². The Labute approximate surface area is 188 Å². The number of hydrogen-bond donors (Lipinski definition) is 0. The summed E-state index contributed by atoms with van der Waals surface area (Å²) in [6.45, 7) is 4.01. The molecule has 0 N–H and O–H groups in total. The summed E-state index contributed by atoms with van der Waals surface area (Å²) in [5, 5.41) is 11.2. The third kappa shape index (κ3) is 3.74. The van der Waals surface area contributed by atoms with Gasteiger partial charge in [0, 0.05) is 42.5 Å². The summed E-state index contributed by atoms with van der Waals surface area (Å²) in [7, 11) is -3.49. The van der Waals surface area contributed by atoms with Gasteiger partial charge < -0.3 is 4.90 Å². The lowest BCUT2D eigenvalue weighted by Gasteiger charge is -2.35. The molecule has 2 heterocycles. The van der Waals surface area contributed by atoms with E-state index in [0.29, 0.717) is 31.1 Å². The Kier molecular flexibility index (Phi) is 5.36. The SMILES string of the molecule is Cc1ccc(-c2nnc(N3CCN(S(=O)(=O)c4ccccc4)CC3)c3ccccc23)cc1. The molecule has 5 rings (SSSR count). The molecule has 162 valence electrons. The fraction of sp³-hybridized carbons (Fsp3) is 0.200. The van der Waals surface area contributed by atoms with Crippen LogP contribution < -0.4 is 4.90 Å². The molecule has 0 aliphatic carbocycles. The predicted octanol–water partition coefficient (Wildman–Crippen LogP) is 4.12. The normalized spacial score (nSPS) is 15.2. The Morgan fingerprint density at radius 1 is 0.719 bits per heavy atom. The largest absolute Gasteiger partial charge is 0.352 e. The Morgan fingerprint density at radius 3 is 2.03 bits per heavy atom. The first kappa shape index (κ1) is 20.6. The standard InChI is InChI=1S/C25H24N4O2S/c1-19-11-13-20(14-12-19)24-22-9-5-6-10-23(22)25(27-26-24)28-15-17-29(18-16-28)32(30,31)21-7-3-2-4-8-21/h2-14H,15-18H2,1H3. The van der Waals surface area contributed by atoms with E-state index in [0.717, 1.165) is 27.8 Å². The molecule has 1 saturated heterocycles. The fourth-order valence-corrected chi connectivity index (χ4v) is 5.57. The van der Waals surface area contributed by atoms with Gasteiger partial charge in [-0.25, -0.2) is 8.42 Å². The van der Waals surface area contributed by atoms with E-state index in [2.05, 4.69) is 58.4 Å². The molecule has 0 spiro atoms. The highest BCUT2D eigenvalue weighted by Crippen LogP contribution is 2.32. The van der Waals surface area contributed by atoms with Crippen molar-refractivity contribution in [2.24, 2.45) is 0 Å². The lowest BCUT2D eigenvalue weighted by Crippen LogP contribution is -2.49. The number of sulfonamides is 1. The average molecular weight is 445 g/mol. The van der Waals surface area contributed by atoms with Crippen LogP contribution in [0.15, 0.2) is 83.8 Å². The van der Waals surface area contributed by atoms with Crippen molar-refractivity contribution in [3.63, 3.8) is 0 Å². The first-order valence-electron chi connectivity index (χ1n) is 10.7. The maximum atomic E-state index is 12.9. The van der Waals surface area contributed by atoms with Gasteiger partial charge in [-0.2, -0.15) is 4.31 Å². The van der Waals surface area contributed by atoms with Crippen LogP contribution in [0.4, 0.5) is 5.82 Å². The van der Waals surface area contributed by atoms with Gasteiger partial charge >= 0.3 is 0 Å². The van der Waals surface area contributed by atoms with Crippen LogP contribution in [0.5, 0.6) is 0 Å². The van der Waals surface area contributed by atoms with E-state index in [1.807, 2.05) is 18.2 Å². The zero-order valence-corrected chi connectivity index (χ0v) is 18.7. The van der Waals surface area contributed by atoms with E-state index in [-0.39, 0.29) is 0 Å². The molecule has 0 saturated carbocycles. The van der Waals surface area contributed by atoms with Crippen molar-refractivity contribution in [3.8, 4) is 11.3 Å². The maximum Gasteiger partial charge on any atom is 0.243 e. The zero-order chi connectivity index (χ0) is 22.1. The molecule has 6 nitrogen and oxygen atoms in total. The number of benzene rings is 3. The summed E-state index contributed by atoms with van der Waals surface area (Å²) in [6.07, 6.45) is 0. The van der Waals surface area contributed by atoms with Crippen molar-refractivity contribution in [1.82, 2.24) is 14.5 Å². The van der Waals surface area contributed by atoms with Crippen LogP contribution in [0.1, 0.15) is 5.56 Å². The van der Waals surface area contributed by atoms with E-state index in [9.17, 15) is 8.42 Å². The minimum absolute atomic E-state index is 0.334. The molecule has 1 fully saturated rings. The molecule has 7 heteroatoms. The van der Waals surface area contributed by atoms with Crippen LogP contribution in [-0.4, -0.2) is 49.1 Å². The summed E-state index contributed by atoms with van der Waals surface area (Å²) in [4.78, 5) is 2.46. The lowest BCUT2D eigenvalue weighted by molar-refractivity contribution is 0.384. The summed E-state index contributed by atoms with van der Waals surface area (Å²) in [6, 6.07) is 25.0. The van der Waals surface area contributed by atoms with E-state index in [1.165, 1.54) is 5.56 Å². The summed E-state index contributed by atoms with van der Waals surface area (Å²) >= 11 is 0. The van der Waals surface area contributed by atoms with Gasteiger partial charge in [-0.05, 0) is 19.1 Å². The highest BCUT2D eigenvalue weighted by Gasteiger charge is 2.29. The number of hydrogen-bond acceptors (Lipinski definition) is 5. The van der Waals surface area contributed by atoms with E-state index in [1.54, 1.807) is 28.6 Å². The molecule has 4 aromatic rings. The lowest BCUT2D eigenvalue weighted by atomic mass is 10.0. The molecule has 1 aliphatic rings. The number of nitrogens with zero attached hydrogens (tertiary/aromatic N) is 4. The molecule has 0 atom stereocenters. The highest BCUT2D eigenvalue weighted by molar-refractivity contribution is 7.89. The number of piperazine rings is 1. The minimum Gasteiger partial charge on any atom is -0.352 e. The zero-order valence-electron chi connectivity index (χ0n) is 17.8. The number of anilines is 1. The first-order chi connectivity index (χ1) is 15.5. The van der Waals surface area contributed by atoms with E-state index in [4.69, 9.17) is 0 Å². The second-order valence-corrected chi connectivity index (χ2v) is 9.93. The van der Waals surface area contributed by atoms with Gasteiger partial charge in [0.05, 0.1) is 4.90 Å². The maximum absolute atomic E-state index is 12.9. The van der Waals surface area contributed by atoms with Crippen molar-refractivity contribution in [2.75, 3.05) is 31.1 Å². The molecule has 32 heavy (non-hydrogen) atoms. The second-order valence-electron chi connectivity index (χ2n) is 7.99. The molecular formula is C25H24N4O2S. The molecule has 1 aromatic heterocycles. The van der Waals surface area contributed by atoms with Gasteiger partial charge in [-0.1, -0.05) is 72.3 Å². The Bertz CT molecular complexity index is 1350. The van der Waals surface area contributed by atoms with Crippen LogP contribution >= 0.6 is 0 Å². The number of aromatic nitrogens is 2. The quantitative estimate of drug-likeness (QED) is 0.474. The third-order valence-electron chi connectivity index (χ3n) is 5.91.